The van der Waals surface area contributed by atoms with Crippen LogP contribution in [0.15, 0.2) is 72.8 Å². The molecule has 31 heavy (non-hydrogen) atoms. The number of benzene rings is 3. The number of hydrogen-bond acceptors (Lipinski definition) is 2. The maximum Gasteiger partial charge on any atom is 0.213 e. The van der Waals surface area contributed by atoms with E-state index in [1.165, 1.54) is 27.7 Å². The molecule has 4 aromatic rings. The predicted octanol–water partition coefficient (Wildman–Crippen LogP) is 6.14. The van der Waals surface area contributed by atoms with Crippen LogP contribution in [0.3, 0.4) is 0 Å². The average Bonchev–Trinajstić information content (AvgIpc) is 2.81. The minimum atomic E-state index is 0.602. The van der Waals surface area contributed by atoms with Crippen molar-refractivity contribution in [2.75, 3.05) is 41.6 Å². The van der Waals surface area contributed by atoms with Gasteiger partial charge in [0.15, 0.2) is 0 Å². The van der Waals surface area contributed by atoms with Crippen LogP contribution in [0, 0.1) is 0 Å². The number of nitrogens with zero attached hydrogens (tertiary/aromatic N) is 1. The predicted molar refractivity (Wildman–Crippen MR) is 135 cm³/mol. The van der Waals surface area contributed by atoms with Crippen molar-refractivity contribution in [3.63, 3.8) is 0 Å². The first-order chi connectivity index (χ1) is 15.3. The van der Waals surface area contributed by atoms with Crippen LogP contribution in [0.5, 0.6) is 0 Å². The number of aryl methyl sites for hydroxylation is 1. The van der Waals surface area contributed by atoms with Crippen LogP contribution in [-0.4, -0.2) is 31.4 Å². The van der Waals surface area contributed by atoms with Crippen LogP contribution >= 0.6 is 23.2 Å². The lowest BCUT2D eigenvalue weighted by Crippen LogP contribution is -2.27. The molecular weight excluding hydrogens is 425 g/mol. The Morgan fingerprint density at radius 2 is 1.32 bits per heavy atom. The number of aromatic nitrogens is 1. The number of aromatic amines is 1. The number of pyridine rings is 1. The lowest BCUT2D eigenvalue weighted by Gasteiger charge is -2.23. The van der Waals surface area contributed by atoms with E-state index in [4.69, 9.17) is 23.2 Å². The minimum Gasteiger partial charge on any atom is -0.384 e. The molecule has 0 radical (unpaired) electrons. The van der Waals surface area contributed by atoms with Gasteiger partial charge in [0, 0.05) is 49.2 Å². The average molecular weight is 453 g/mol. The molecule has 0 fully saturated rings. The van der Waals surface area contributed by atoms with Gasteiger partial charge in [-0.25, -0.2) is 4.98 Å². The third-order valence-corrected chi connectivity index (χ3v) is 5.95. The van der Waals surface area contributed by atoms with Gasteiger partial charge in [-0.15, -0.1) is 23.2 Å². The van der Waals surface area contributed by atoms with E-state index in [9.17, 15) is 0 Å². The highest BCUT2D eigenvalue weighted by atomic mass is 35.5. The van der Waals surface area contributed by atoms with E-state index in [0.717, 1.165) is 43.5 Å². The minimum absolute atomic E-state index is 0.602. The molecule has 0 saturated carbocycles. The van der Waals surface area contributed by atoms with Crippen molar-refractivity contribution in [3.05, 3.63) is 78.4 Å². The highest BCUT2D eigenvalue weighted by Gasteiger charge is 2.12. The summed E-state index contributed by atoms with van der Waals surface area (Å²) in [5.41, 5.74) is 6.04. The van der Waals surface area contributed by atoms with Crippen LogP contribution in [-0.2, 0) is 6.42 Å². The molecule has 0 unspecified atom stereocenters. The normalized spacial score (nSPS) is 11.2. The van der Waals surface area contributed by atoms with E-state index in [0.29, 0.717) is 11.8 Å². The zero-order valence-corrected chi connectivity index (χ0v) is 19.1. The maximum atomic E-state index is 5.93. The molecule has 2 N–H and O–H groups in total. The second kappa shape index (κ2) is 10.7. The molecule has 0 aliphatic carbocycles. The van der Waals surface area contributed by atoms with Gasteiger partial charge < -0.3 is 10.2 Å². The van der Waals surface area contributed by atoms with Crippen molar-refractivity contribution in [2.24, 2.45) is 0 Å². The summed E-state index contributed by atoms with van der Waals surface area (Å²) in [4.78, 5) is 5.77. The zero-order chi connectivity index (χ0) is 21.5. The summed E-state index contributed by atoms with van der Waals surface area (Å²) in [5, 5.41) is 6.16. The van der Waals surface area contributed by atoms with Gasteiger partial charge >= 0.3 is 0 Å². The van der Waals surface area contributed by atoms with Crippen molar-refractivity contribution in [1.82, 2.24) is 0 Å². The molecule has 0 amide bonds. The molecule has 1 aromatic heterocycles. The fourth-order valence-electron chi connectivity index (χ4n) is 4.05. The molecule has 4 rings (SSSR count). The fraction of sp³-hybridized carbons (Fsp3) is 0.269. The third kappa shape index (κ3) is 5.23. The molecule has 0 aliphatic rings. The topological polar surface area (TPSA) is 29.4 Å². The lowest BCUT2D eigenvalue weighted by atomic mass is 10.1. The quantitative estimate of drug-likeness (QED) is 0.178. The monoisotopic (exact) mass is 452 g/mol. The molecule has 0 atom stereocenters. The fourth-order valence-corrected chi connectivity index (χ4v) is 4.46. The second-order valence-corrected chi connectivity index (χ2v) is 8.41. The van der Waals surface area contributed by atoms with Gasteiger partial charge in [-0.05, 0) is 42.7 Å². The highest BCUT2D eigenvalue weighted by molar-refractivity contribution is 6.18. The van der Waals surface area contributed by atoms with Gasteiger partial charge in [0.05, 0.1) is 16.5 Å². The Hall–Kier alpha value is -2.49. The summed E-state index contributed by atoms with van der Waals surface area (Å²) in [6.07, 6.45) is 2.10. The Kier molecular flexibility index (Phi) is 7.50. The van der Waals surface area contributed by atoms with Crippen LogP contribution in [0.2, 0.25) is 0 Å². The van der Waals surface area contributed by atoms with Gasteiger partial charge in [0.25, 0.3) is 0 Å². The summed E-state index contributed by atoms with van der Waals surface area (Å²) in [5.74, 6) is 1.20. The summed E-state index contributed by atoms with van der Waals surface area (Å²) in [6, 6.07) is 25.7. The number of fused-ring (bicyclic) bond motifs is 2. The van der Waals surface area contributed by atoms with Gasteiger partial charge in [-0.1, -0.05) is 36.4 Å². The summed E-state index contributed by atoms with van der Waals surface area (Å²) in [7, 11) is 0. The number of rotatable bonds is 10. The third-order valence-electron chi connectivity index (χ3n) is 5.62. The van der Waals surface area contributed by atoms with E-state index in [1.54, 1.807) is 0 Å². The maximum absolute atomic E-state index is 5.93. The largest absolute Gasteiger partial charge is 0.384 e. The van der Waals surface area contributed by atoms with E-state index >= 15 is 0 Å². The number of halogens is 2. The molecular formula is C26H28Cl2N3+. The standard InChI is InChI=1S/C26H27Cl2N3/c27-15-18-31(19-16-28)21-13-11-20(12-14-21)6-5-17-29-26-22-7-1-3-9-24(22)30-25-10-4-2-8-23(25)26/h1-4,7-14H,5-6,15-19H2,(H,29,30)/p+1. The SMILES string of the molecule is ClCCN(CCCl)c1ccc(CCCNc2c3ccccc3[nH+]c3ccccc23)cc1. The molecule has 0 aliphatic heterocycles. The van der Waals surface area contributed by atoms with E-state index in [1.807, 2.05) is 0 Å². The molecule has 0 spiro atoms. The van der Waals surface area contributed by atoms with Crippen molar-refractivity contribution in [3.8, 4) is 0 Å². The first kappa shape index (κ1) is 21.7. The van der Waals surface area contributed by atoms with E-state index in [2.05, 4.69) is 88.0 Å². The number of alkyl halides is 2. The smallest absolute Gasteiger partial charge is 0.213 e. The Labute approximate surface area is 194 Å². The first-order valence-corrected chi connectivity index (χ1v) is 11.9. The molecule has 0 saturated heterocycles. The Morgan fingerprint density at radius 1 is 0.742 bits per heavy atom. The summed E-state index contributed by atoms with van der Waals surface area (Å²) in [6.45, 7) is 2.55. The van der Waals surface area contributed by atoms with Crippen molar-refractivity contribution >= 4 is 56.4 Å². The van der Waals surface area contributed by atoms with Gasteiger partial charge in [0.1, 0.15) is 0 Å². The Bertz CT molecular complexity index is 1070. The molecule has 160 valence electrons. The number of hydrogen-bond donors (Lipinski definition) is 1. The van der Waals surface area contributed by atoms with E-state index in [-0.39, 0.29) is 0 Å². The molecule has 1 heterocycles. The first-order valence-electron chi connectivity index (χ1n) is 10.8. The van der Waals surface area contributed by atoms with Crippen LogP contribution in [0.4, 0.5) is 11.4 Å². The van der Waals surface area contributed by atoms with Crippen molar-refractivity contribution < 1.29 is 4.98 Å². The second-order valence-electron chi connectivity index (χ2n) is 7.65. The Balaban J connectivity index is 1.41. The molecule has 0 bridgehead atoms. The number of nitrogens with one attached hydrogen (secondary N) is 2. The Morgan fingerprint density at radius 3 is 1.90 bits per heavy atom. The number of para-hydroxylation sites is 2. The number of H-pyrrole nitrogens is 1. The van der Waals surface area contributed by atoms with Crippen LogP contribution < -0.4 is 15.2 Å². The highest BCUT2D eigenvalue weighted by Crippen LogP contribution is 2.28. The lowest BCUT2D eigenvalue weighted by molar-refractivity contribution is -0.310. The molecule has 5 heteroatoms. The summed E-state index contributed by atoms with van der Waals surface area (Å²) >= 11 is 11.9. The van der Waals surface area contributed by atoms with Crippen LogP contribution in [0.1, 0.15) is 12.0 Å². The van der Waals surface area contributed by atoms with Gasteiger partial charge in [-0.2, -0.15) is 0 Å². The van der Waals surface area contributed by atoms with Crippen LogP contribution in [0.25, 0.3) is 21.8 Å². The van der Waals surface area contributed by atoms with Gasteiger partial charge in [0.2, 0.25) is 11.0 Å². The summed E-state index contributed by atoms with van der Waals surface area (Å²) < 4.78 is 0. The molecule has 3 nitrogen and oxygen atoms in total. The zero-order valence-electron chi connectivity index (χ0n) is 17.6. The van der Waals surface area contributed by atoms with Crippen molar-refractivity contribution in [1.29, 1.82) is 0 Å². The van der Waals surface area contributed by atoms with E-state index < -0.39 is 0 Å². The van der Waals surface area contributed by atoms with Gasteiger partial charge in [-0.3, -0.25) is 0 Å². The van der Waals surface area contributed by atoms with Crippen molar-refractivity contribution in [2.45, 2.75) is 12.8 Å². The molecule has 3 aromatic carbocycles. The number of anilines is 2.